The van der Waals surface area contributed by atoms with Crippen LogP contribution in [0.3, 0.4) is 0 Å². The average molecular weight is 362 g/mol. The lowest BCUT2D eigenvalue weighted by molar-refractivity contribution is -0.110. The predicted octanol–water partition coefficient (Wildman–Crippen LogP) is 1.42. The minimum atomic E-state index is -0.157. The van der Waals surface area contributed by atoms with Gasteiger partial charge in [-0.15, -0.1) is 11.3 Å². The van der Waals surface area contributed by atoms with Crippen molar-refractivity contribution in [2.45, 2.75) is 58.2 Å². The predicted molar refractivity (Wildman–Crippen MR) is 96.7 cm³/mol. The van der Waals surface area contributed by atoms with Gasteiger partial charge in [0, 0.05) is 24.0 Å². The van der Waals surface area contributed by atoms with E-state index in [2.05, 4.69) is 10.9 Å². The van der Waals surface area contributed by atoms with E-state index in [9.17, 15) is 14.4 Å². The molecule has 0 aromatic carbocycles. The van der Waals surface area contributed by atoms with Crippen LogP contribution in [-0.4, -0.2) is 15.5 Å². The summed E-state index contributed by atoms with van der Waals surface area (Å²) in [6, 6.07) is 0.0645. The molecule has 0 atom stereocenters. The van der Waals surface area contributed by atoms with E-state index >= 15 is 0 Å². The van der Waals surface area contributed by atoms with Crippen LogP contribution in [-0.2, 0) is 17.9 Å². The summed E-state index contributed by atoms with van der Waals surface area (Å²) >= 11 is 1.48. The molecule has 25 heavy (non-hydrogen) atoms. The first-order valence-electron chi connectivity index (χ1n) is 8.81. The molecule has 2 fully saturated rings. The van der Waals surface area contributed by atoms with Crippen LogP contribution < -0.4 is 22.1 Å². The van der Waals surface area contributed by atoms with Gasteiger partial charge in [0.15, 0.2) is 0 Å². The topological polar surface area (TPSA) is 85.1 Å². The first kappa shape index (κ1) is 16.5. The largest absolute Gasteiger partial charge is 0.332 e. The zero-order valence-corrected chi connectivity index (χ0v) is 15.0. The molecule has 2 aliphatic carbocycles. The lowest BCUT2D eigenvalue weighted by Crippen LogP contribution is -2.40. The number of carbonyl (C=O) groups is 1. The minimum Gasteiger partial charge on any atom is -0.294 e. The highest BCUT2D eigenvalue weighted by molar-refractivity contribution is 7.18. The van der Waals surface area contributed by atoms with Crippen LogP contribution >= 0.6 is 11.3 Å². The van der Waals surface area contributed by atoms with Gasteiger partial charge in [0.25, 0.3) is 5.56 Å². The summed E-state index contributed by atoms with van der Waals surface area (Å²) in [5.74, 6) is 0.534. The fourth-order valence-electron chi connectivity index (χ4n) is 3.50. The molecule has 1 amide bonds. The second-order valence-corrected chi connectivity index (χ2v) is 8.13. The number of carbonyl (C=O) groups excluding carboxylic acids is 1. The van der Waals surface area contributed by atoms with Gasteiger partial charge in [-0.25, -0.2) is 10.2 Å². The van der Waals surface area contributed by atoms with E-state index in [0.717, 1.165) is 41.0 Å². The zero-order chi connectivity index (χ0) is 17.6. The van der Waals surface area contributed by atoms with Crippen molar-refractivity contribution in [2.75, 3.05) is 0 Å². The van der Waals surface area contributed by atoms with Crippen molar-refractivity contribution in [3.8, 4) is 0 Å². The molecule has 2 saturated carbocycles. The van der Waals surface area contributed by atoms with Crippen molar-refractivity contribution in [1.82, 2.24) is 20.0 Å². The summed E-state index contributed by atoms with van der Waals surface area (Å²) in [5, 5.41) is 0.665. The van der Waals surface area contributed by atoms with Crippen molar-refractivity contribution >= 4 is 28.0 Å². The number of hydrogen-bond acceptors (Lipinski definition) is 5. The molecule has 2 heterocycles. The SMILES string of the molecule is Cc1c(CNNC=O)sc2c1c(=O)n(C1CC1)c(=O)n2CC1CCC1. The van der Waals surface area contributed by atoms with Gasteiger partial charge in [-0.05, 0) is 44.1 Å². The van der Waals surface area contributed by atoms with E-state index < -0.39 is 0 Å². The molecule has 2 N–H and O–H groups in total. The normalized spacial score (nSPS) is 17.6. The summed E-state index contributed by atoms with van der Waals surface area (Å²) in [7, 11) is 0. The molecule has 0 radical (unpaired) electrons. The van der Waals surface area contributed by atoms with Crippen molar-refractivity contribution in [3.63, 3.8) is 0 Å². The number of nitrogens with zero attached hydrogens (tertiary/aromatic N) is 2. The molecule has 4 rings (SSSR count). The Bertz CT molecular complexity index is 934. The summed E-state index contributed by atoms with van der Waals surface area (Å²) in [6.45, 7) is 3.06. The van der Waals surface area contributed by atoms with Crippen LogP contribution in [0.25, 0.3) is 10.2 Å². The summed E-state index contributed by atoms with van der Waals surface area (Å²) in [5.41, 5.74) is 5.83. The number of fused-ring (bicyclic) bond motifs is 1. The van der Waals surface area contributed by atoms with Gasteiger partial charge in [0.1, 0.15) is 4.83 Å². The van der Waals surface area contributed by atoms with Gasteiger partial charge in [0.2, 0.25) is 6.41 Å². The Balaban J connectivity index is 1.87. The van der Waals surface area contributed by atoms with Crippen molar-refractivity contribution < 1.29 is 4.79 Å². The Labute approximate surface area is 148 Å². The Morgan fingerprint density at radius 3 is 2.60 bits per heavy atom. The molecule has 8 heteroatoms. The first-order chi connectivity index (χ1) is 12.1. The number of amides is 1. The van der Waals surface area contributed by atoms with E-state index in [-0.39, 0.29) is 17.3 Å². The number of aromatic nitrogens is 2. The third-order valence-corrected chi connectivity index (χ3v) is 6.64. The molecule has 7 nitrogen and oxygen atoms in total. The summed E-state index contributed by atoms with van der Waals surface area (Å²) in [6.07, 6.45) is 5.92. The molecule has 0 bridgehead atoms. The highest BCUT2D eigenvalue weighted by Gasteiger charge is 2.31. The van der Waals surface area contributed by atoms with Crippen LogP contribution in [0.5, 0.6) is 0 Å². The molecular weight excluding hydrogens is 340 g/mol. The van der Waals surface area contributed by atoms with Gasteiger partial charge in [-0.2, -0.15) is 0 Å². The molecule has 134 valence electrons. The van der Waals surface area contributed by atoms with E-state index in [1.54, 1.807) is 0 Å². The minimum absolute atomic E-state index is 0.0645. The molecule has 2 aromatic heterocycles. The molecule has 2 aromatic rings. The van der Waals surface area contributed by atoms with Crippen molar-refractivity contribution in [2.24, 2.45) is 5.92 Å². The lowest BCUT2D eigenvalue weighted by atomic mass is 9.85. The van der Waals surface area contributed by atoms with Crippen LogP contribution in [0.2, 0.25) is 0 Å². The molecule has 0 unspecified atom stereocenters. The zero-order valence-electron chi connectivity index (χ0n) is 14.2. The Morgan fingerprint density at radius 2 is 2.00 bits per heavy atom. The molecule has 2 aliphatic rings. The van der Waals surface area contributed by atoms with Crippen molar-refractivity contribution in [1.29, 1.82) is 0 Å². The smallest absolute Gasteiger partial charge is 0.294 e. The maximum absolute atomic E-state index is 13.0. The van der Waals surface area contributed by atoms with Crippen molar-refractivity contribution in [3.05, 3.63) is 31.3 Å². The summed E-state index contributed by atoms with van der Waals surface area (Å²) < 4.78 is 3.30. The maximum Gasteiger partial charge on any atom is 0.332 e. The fraction of sp³-hybridized carbons (Fsp3) is 0.588. The van der Waals surface area contributed by atoms with Crippen LogP contribution in [0.4, 0.5) is 0 Å². The Morgan fingerprint density at radius 1 is 1.24 bits per heavy atom. The summed E-state index contributed by atoms with van der Waals surface area (Å²) in [4.78, 5) is 38.2. The standard InChI is InChI=1S/C17H22N4O3S/c1-10-13(7-18-19-9-22)25-16-14(10)15(23)21(12-5-6-12)17(24)20(16)8-11-3-2-4-11/h9,11-12,18H,2-8H2,1H3,(H,19,22). The van der Waals surface area contributed by atoms with Gasteiger partial charge in [-0.3, -0.25) is 24.1 Å². The van der Waals surface area contributed by atoms with Gasteiger partial charge < -0.3 is 0 Å². The number of hydrazine groups is 1. The van der Waals surface area contributed by atoms with Gasteiger partial charge in [0.05, 0.1) is 5.39 Å². The number of rotatable bonds is 7. The molecule has 0 aliphatic heterocycles. The molecule has 0 spiro atoms. The first-order valence-corrected chi connectivity index (χ1v) is 9.62. The Kier molecular flexibility index (Phi) is 4.24. The highest BCUT2D eigenvalue weighted by Crippen LogP contribution is 2.35. The van der Waals surface area contributed by atoms with E-state index in [1.807, 2.05) is 11.5 Å². The quantitative estimate of drug-likeness (QED) is 0.443. The number of thiophene rings is 1. The van der Waals surface area contributed by atoms with E-state index in [0.29, 0.717) is 30.8 Å². The third-order valence-electron chi connectivity index (χ3n) is 5.33. The lowest BCUT2D eigenvalue weighted by Gasteiger charge is -2.26. The van der Waals surface area contributed by atoms with Gasteiger partial charge in [-0.1, -0.05) is 6.42 Å². The second-order valence-electron chi connectivity index (χ2n) is 7.04. The van der Waals surface area contributed by atoms with Crippen LogP contribution in [0.1, 0.15) is 48.6 Å². The Hall–Kier alpha value is -1.93. The fourth-order valence-corrected chi connectivity index (χ4v) is 4.74. The maximum atomic E-state index is 13.0. The third kappa shape index (κ3) is 2.83. The second kappa shape index (κ2) is 6.42. The molecule has 0 saturated heterocycles. The number of nitrogens with one attached hydrogen (secondary N) is 2. The molecular formula is C17H22N4O3S. The number of aryl methyl sites for hydroxylation is 1. The highest BCUT2D eigenvalue weighted by atomic mass is 32.1. The number of hydrogen-bond donors (Lipinski definition) is 2. The monoisotopic (exact) mass is 362 g/mol. The van der Waals surface area contributed by atoms with E-state index in [1.165, 1.54) is 22.3 Å². The van der Waals surface area contributed by atoms with Crippen LogP contribution in [0.15, 0.2) is 9.59 Å². The average Bonchev–Trinajstić information content (AvgIpc) is 3.31. The van der Waals surface area contributed by atoms with E-state index in [4.69, 9.17) is 0 Å². The van der Waals surface area contributed by atoms with Crippen LogP contribution in [0, 0.1) is 12.8 Å². The van der Waals surface area contributed by atoms with Gasteiger partial charge >= 0.3 is 5.69 Å².